The standard InChI is InChI=1S/C18H17N3O2S2/c1-23-15-4-2-3-14(9-15)21-17(22)11-24-12-18-20-10-16(25-18)13-5-7-19-8-6-13/h2-10H,11-12H2,1H3,(H,21,22). The van der Waals surface area contributed by atoms with Gasteiger partial charge in [-0.3, -0.25) is 9.78 Å². The van der Waals surface area contributed by atoms with E-state index in [2.05, 4.69) is 15.3 Å². The third-order valence-electron chi connectivity index (χ3n) is 3.33. The summed E-state index contributed by atoms with van der Waals surface area (Å²) < 4.78 is 5.15. The van der Waals surface area contributed by atoms with Gasteiger partial charge in [0.2, 0.25) is 5.91 Å². The molecule has 3 aromatic rings. The number of amides is 1. The van der Waals surface area contributed by atoms with E-state index in [0.29, 0.717) is 11.5 Å². The normalized spacial score (nSPS) is 10.4. The van der Waals surface area contributed by atoms with Gasteiger partial charge in [-0.1, -0.05) is 6.07 Å². The predicted molar refractivity (Wildman–Crippen MR) is 103 cm³/mol. The lowest BCUT2D eigenvalue weighted by atomic mass is 10.2. The van der Waals surface area contributed by atoms with E-state index in [1.165, 1.54) is 0 Å². The van der Waals surface area contributed by atoms with Gasteiger partial charge < -0.3 is 10.1 Å². The molecule has 2 heterocycles. The number of thiazole rings is 1. The molecule has 0 unspecified atom stereocenters. The summed E-state index contributed by atoms with van der Waals surface area (Å²) in [5, 5.41) is 3.88. The lowest BCUT2D eigenvalue weighted by molar-refractivity contribution is -0.113. The van der Waals surface area contributed by atoms with E-state index in [4.69, 9.17) is 4.74 Å². The summed E-state index contributed by atoms with van der Waals surface area (Å²) in [5.41, 5.74) is 1.85. The Labute approximate surface area is 154 Å². The number of carbonyl (C=O) groups excluding carboxylic acids is 1. The monoisotopic (exact) mass is 371 g/mol. The highest BCUT2D eigenvalue weighted by atomic mass is 32.2. The molecule has 5 nitrogen and oxygen atoms in total. The zero-order valence-corrected chi connectivity index (χ0v) is 15.3. The van der Waals surface area contributed by atoms with Gasteiger partial charge >= 0.3 is 0 Å². The lowest BCUT2D eigenvalue weighted by Gasteiger charge is -2.06. The third kappa shape index (κ3) is 5.04. The molecule has 0 atom stereocenters. The minimum atomic E-state index is -0.0378. The van der Waals surface area contributed by atoms with Gasteiger partial charge in [-0.25, -0.2) is 4.98 Å². The first-order chi connectivity index (χ1) is 12.2. The van der Waals surface area contributed by atoms with Crippen LogP contribution in [0.15, 0.2) is 55.0 Å². The Kier molecular flexibility index (Phi) is 6.03. The molecule has 0 spiro atoms. The number of methoxy groups -OCH3 is 1. The molecule has 0 saturated carbocycles. The van der Waals surface area contributed by atoms with Gasteiger partial charge in [0, 0.05) is 36.1 Å². The number of hydrogen-bond acceptors (Lipinski definition) is 6. The molecule has 1 amide bonds. The minimum Gasteiger partial charge on any atom is -0.497 e. The van der Waals surface area contributed by atoms with Gasteiger partial charge in [0.15, 0.2) is 0 Å². The van der Waals surface area contributed by atoms with Crippen LogP contribution in [0.2, 0.25) is 0 Å². The van der Waals surface area contributed by atoms with E-state index in [-0.39, 0.29) is 5.91 Å². The van der Waals surface area contributed by atoms with E-state index < -0.39 is 0 Å². The molecule has 1 aromatic carbocycles. The second-order valence-corrected chi connectivity index (χ2v) is 7.23. The number of thioether (sulfide) groups is 1. The first-order valence-corrected chi connectivity index (χ1v) is 9.58. The number of pyridine rings is 1. The molecule has 25 heavy (non-hydrogen) atoms. The zero-order valence-electron chi connectivity index (χ0n) is 13.6. The highest BCUT2D eigenvalue weighted by molar-refractivity contribution is 7.99. The van der Waals surface area contributed by atoms with Crippen LogP contribution in [0.3, 0.4) is 0 Å². The number of rotatable bonds is 7. The van der Waals surface area contributed by atoms with Crippen molar-refractivity contribution in [1.82, 2.24) is 9.97 Å². The average Bonchev–Trinajstić information content (AvgIpc) is 3.11. The Bertz CT molecular complexity index is 837. The van der Waals surface area contributed by atoms with E-state index in [1.54, 1.807) is 48.7 Å². The lowest BCUT2D eigenvalue weighted by Crippen LogP contribution is -2.14. The van der Waals surface area contributed by atoms with Crippen molar-refractivity contribution >= 4 is 34.7 Å². The average molecular weight is 371 g/mol. The van der Waals surface area contributed by atoms with Crippen LogP contribution in [0.5, 0.6) is 5.75 Å². The maximum Gasteiger partial charge on any atom is 0.234 e. The van der Waals surface area contributed by atoms with Crippen LogP contribution in [0.1, 0.15) is 5.01 Å². The molecule has 0 aliphatic rings. The molecule has 0 bridgehead atoms. The van der Waals surface area contributed by atoms with Crippen molar-refractivity contribution in [3.05, 3.63) is 60.0 Å². The van der Waals surface area contributed by atoms with Crippen molar-refractivity contribution in [3.8, 4) is 16.2 Å². The van der Waals surface area contributed by atoms with Gasteiger partial charge in [0.05, 0.1) is 17.7 Å². The van der Waals surface area contributed by atoms with Gasteiger partial charge in [-0.2, -0.15) is 0 Å². The zero-order chi connectivity index (χ0) is 17.5. The number of ether oxygens (including phenoxy) is 1. The first kappa shape index (κ1) is 17.4. The van der Waals surface area contributed by atoms with Crippen LogP contribution in [0.4, 0.5) is 5.69 Å². The molecule has 0 aliphatic heterocycles. The summed E-state index contributed by atoms with van der Waals surface area (Å²) in [6.45, 7) is 0. The fraction of sp³-hybridized carbons (Fsp3) is 0.167. The van der Waals surface area contributed by atoms with Crippen molar-refractivity contribution in [2.75, 3.05) is 18.2 Å². The van der Waals surface area contributed by atoms with Crippen molar-refractivity contribution in [1.29, 1.82) is 0 Å². The molecule has 0 radical (unpaired) electrons. The van der Waals surface area contributed by atoms with Crippen LogP contribution in [-0.4, -0.2) is 28.7 Å². The number of hydrogen-bond donors (Lipinski definition) is 1. The summed E-state index contributed by atoms with van der Waals surface area (Å²) >= 11 is 3.18. The molecule has 1 N–H and O–H groups in total. The van der Waals surface area contributed by atoms with Gasteiger partial charge in [0.25, 0.3) is 0 Å². The highest BCUT2D eigenvalue weighted by Gasteiger charge is 2.07. The summed E-state index contributed by atoms with van der Waals surface area (Å²) in [5.74, 6) is 1.77. The fourth-order valence-corrected chi connectivity index (χ4v) is 3.97. The maximum atomic E-state index is 12.0. The summed E-state index contributed by atoms with van der Waals surface area (Å²) in [6.07, 6.45) is 5.41. The number of carbonyl (C=O) groups is 1. The first-order valence-electron chi connectivity index (χ1n) is 7.61. The SMILES string of the molecule is COc1cccc(NC(=O)CSCc2ncc(-c3ccncc3)s2)c1. The number of nitrogens with one attached hydrogen (secondary N) is 1. The van der Waals surface area contributed by atoms with Crippen molar-refractivity contribution in [2.24, 2.45) is 0 Å². The summed E-state index contributed by atoms with van der Waals surface area (Å²) in [4.78, 5) is 21.6. The molecular weight excluding hydrogens is 354 g/mol. The Morgan fingerprint density at radius 1 is 1.28 bits per heavy atom. The fourth-order valence-electron chi connectivity index (χ4n) is 2.16. The third-order valence-corrected chi connectivity index (χ3v) is 5.50. The number of aromatic nitrogens is 2. The van der Waals surface area contributed by atoms with Gasteiger partial charge in [0.1, 0.15) is 10.8 Å². The van der Waals surface area contributed by atoms with Gasteiger partial charge in [-0.15, -0.1) is 23.1 Å². The van der Waals surface area contributed by atoms with Crippen molar-refractivity contribution in [2.45, 2.75) is 5.75 Å². The van der Waals surface area contributed by atoms with Crippen LogP contribution < -0.4 is 10.1 Å². The molecule has 7 heteroatoms. The van der Waals surface area contributed by atoms with E-state index in [9.17, 15) is 4.79 Å². The molecule has 0 saturated heterocycles. The van der Waals surface area contributed by atoms with Crippen LogP contribution in [-0.2, 0) is 10.5 Å². The second-order valence-electron chi connectivity index (χ2n) is 5.13. The second kappa shape index (κ2) is 8.64. The van der Waals surface area contributed by atoms with Gasteiger partial charge in [-0.05, 0) is 29.8 Å². The maximum absolute atomic E-state index is 12.0. The van der Waals surface area contributed by atoms with Crippen molar-refractivity contribution < 1.29 is 9.53 Å². The Balaban J connectivity index is 1.48. The summed E-state index contributed by atoms with van der Waals surface area (Å²) in [7, 11) is 1.60. The number of nitrogens with zero attached hydrogens (tertiary/aromatic N) is 2. The Morgan fingerprint density at radius 2 is 2.12 bits per heavy atom. The molecule has 2 aromatic heterocycles. The Hall–Kier alpha value is -2.38. The number of anilines is 1. The molecule has 0 fully saturated rings. The van der Waals surface area contributed by atoms with Crippen LogP contribution in [0.25, 0.3) is 10.4 Å². The largest absolute Gasteiger partial charge is 0.497 e. The van der Waals surface area contributed by atoms with E-state index in [1.807, 2.05) is 36.5 Å². The molecular formula is C18H17N3O2S2. The molecule has 3 rings (SSSR count). The topological polar surface area (TPSA) is 64.1 Å². The minimum absolute atomic E-state index is 0.0378. The quantitative estimate of drug-likeness (QED) is 0.678. The smallest absolute Gasteiger partial charge is 0.234 e. The highest BCUT2D eigenvalue weighted by Crippen LogP contribution is 2.27. The molecule has 0 aliphatic carbocycles. The Morgan fingerprint density at radius 3 is 2.92 bits per heavy atom. The van der Waals surface area contributed by atoms with E-state index in [0.717, 1.165) is 26.9 Å². The predicted octanol–water partition coefficient (Wildman–Crippen LogP) is 4.09. The van der Waals surface area contributed by atoms with E-state index >= 15 is 0 Å². The number of benzene rings is 1. The summed E-state index contributed by atoms with van der Waals surface area (Å²) in [6, 6.07) is 11.3. The molecule has 128 valence electrons. The van der Waals surface area contributed by atoms with Crippen molar-refractivity contribution in [3.63, 3.8) is 0 Å². The van der Waals surface area contributed by atoms with Crippen LogP contribution in [0, 0.1) is 0 Å². The van der Waals surface area contributed by atoms with Crippen LogP contribution >= 0.6 is 23.1 Å².